The van der Waals surface area contributed by atoms with Crippen molar-refractivity contribution < 1.29 is 5.11 Å². The van der Waals surface area contributed by atoms with Gasteiger partial charge in [0.25, 0.3) is 0 Å². The largest absolute Gasteiger partial charge is 0.388 e. The maximum Gasteiger partial charge on any atom is 0.145 e. The van der Waals surface area contributed by atoms with Gasteiger partial charge in [-0.3, -0.25) is 0 Å². The summed E-state index contributed by atoms with van der Waals surface area (Å²) in [6, 6.07) is 1.71. The van der Waals surface area contributed by atoms with Crippen LogP contribution in [-0.4, -0.2) is 26.2 Å². The van der Waals surface area contributed by atoms with E-state index in [1.54, 1.807) is 19.9 Å². The summed E-state index contributed by atoms with van der Waals surface area (Å²) in [7, 11) is 0. The Morgan fingerprint density at radius 2 is 1.78 bits per heavy atom. The average molecular weight is 253 g/mol. The zero-order valence-electron chi connectivity index (χ0n) is 11.7. The molecule has 0 radical (unpaired) electrons. The van der Waals surface area contributed by atoms with Crippen molar-refractivity contribution in [2.24, 2.45) is 5.84 Å². The molecule has 6 heteroatoms. The van der Waals surface area contributed by atoms with Gasteiger partial charge in [-0.25, -0.2) is 15.8 Å². The van der Waals surface area contributed by atoms with Crippen LogP contribution in [0.4, 0.5) is 11.6 Å². The van der Waals surface area contributed by atoms with E-state index >= 15 is 0 Å². The molecule has 0 unspecified atom stereocenters. The molecule has 1 aromatic heterocycles. The first-order valence-corrected chi connectivity index (χ1v) is 6.04. The van der Waals surface area contributed by atoms with Crippen molar-refractivity contribution in [3.8, 4) is 0 Å². The minimum absolute atomic E-state index is 0.530. The number of hydrogen-bond donors (Lipinski definition) is 4. The van der Waals surface area contributed by atoms with Crippen LogP contribution >= 0.6 is 0 Å². The molecule has 0 aliphatic rings. The minimum Gasteiger partial charge on any atom is -0.388 e. The normalized spacial score (nSPS) is 12.4. The molecule has 0 aliphatic carbocycles. The van der Waals surface area contributed by atoms with Gasteiger partial charge in [-0.05, 0) is 27.7 Å². The Kier molecular flexibility index (Phi) is 4.13. The van der Waals surface area contributed by atoms with E-state index in [-0.39, 0.29) is 0 Å². The van der Waals surface area contributed by atoms with Gasteiger partial charge in [0.2, 0.25) is 0 Å². The number of nitrogens with two attached hydrogens (primary N) is 1. The van der Waals surface area contributed by atoms with E-state index in [0.717, 1.165) is 0 Å². The van der Waals surface area contributed by atoms with Gasteiger partial charge in [-0.15, -0.1) is 0 Å². The molecular formula is C12H23N5O. The molecule has 0 aliphatic heterocycles. The van der Waals surface area contributed by atoms with Crippen LogP contribution in [0.3, 0.4) is 0 Å². The Hall–Kier alpha value is -1.40. The zero-order chi connectivity index (χ0) is 14.0. The summed E-state index contributed by atoms with van der Waals surface area (Å²) >= 11 is 0. The third-order valence-corrected chi connectivity index (χ3v) is 3.21. The summed E-state index contributed by atoms with van der Waals surface area (Å²) in [6.07, 6.45) is 0.715. The summed E-state index contributed by atoms with van der Waals surface area (Å²) < 4.78 is 0. The molecule has 18 heavy (non-hydrogen) atoms. The molecule has 0 atom stereocenters. The molecule has 1 aromatic rings. The summed E-state index contributed by atoms with van der Waals surface area (Å²) in [5, 5.41) is 13.3. The predicted molar refractivity (Wildman–Crippen MR) is 73.2 cm³/mol. The quantitative estimate of drug-likeness (QED) is 0.466. The van der Waals surface area contributed by atoms with Gasteiger partial charge in [0.15, 0.2) is 0 Å². The van der Waals surface area contributed by atoms with Crippen LogP contribution in [-0.2, 0) is 6.42 Å². The molecule has 6 nitrogen and oxygen atoms in total. The highest BCUT2D eigenvalue weighted by Gasteiger charge is 2.35. The standard InChI is InChI=1S/C12H23N5O/c1-6-8-14-9(7-10(15-8)17-13)16-11(2,3)12(4,5)18/h7,18H,6,13H2,1-5H3,(H2,14,15,16,17). The third kappa shape index (κ3) is 3.30. The van der Waals surface area contributed by atoms with E-state index in [1.807, 2.05) is 20.8 Å². The number of anilines is 2. The summed E-state index contributed by atoms with van der Waals surface area (Å²) in [4.78, 5) is 8.58. The fourth-order valence-corrected chi connectivity index (χ4v) is 1.27. The van der Waals surface area contributed by atoms with E-state index < -0.39 is 11.1 Å². The molecule has 0 amide bonds. The second-order valence-electron chi connectivity index (χ2n) is 5.36. The highest BCUT2D eigenvalue weighted by molar-refractivity contribution is 5.48. The van der Waals surface area contributed by atoms with E-state index in [1.165, 1.54) is 0 Å². The molecular weight excluding hydrogens is 230 g/mol. The SMILES string of the molecule is CCc1nc(NN)cc(NC(C)(C)C(C)(C)O)n1. The molecule has 0 saturated carbocycles. The number of aliphatic hydroxyl groups is 1. The highest BCUT2D eigenvalue weighted by atomic mass is 16.3. The van der Waals surface area contributed by atoms with Crippen molar-refractivity contribution in [3.63, 3.8) is 0 Å². The van der Waals surface area contributed by atoms with E-state index in [9.17, 15) is 5.11 Å². The number of aryl methyl sites for hydroxylation is 1. The number of rotatable bonds is 5. The van der Waals surface area contributed by atoms with Gasteiger partial charge >= 0.3 is 0 Å². The van der Waals surface area contributed by atoms with Crippen LogP contribution in [0, 0.1) is 0 Å². The molecule has 1 heterocycles. The monoisotopic (exact) mass is 253 g/mol. The Morgan fingerprint density at radius 3 is 2.22 bits per heavy atom. The Bertz CT molecular complexity index is 389. The summed E-state index contributed by atoms with van der Waals surface area (Å²) in [6.45, 7) is 9.31. The molecule has 0 aromatic carbocycles. The van der Waals surface area contributed by atoms with E-state index in [4.69, 9.17) is 5.84 Å². The second-order valence-corrected chi connectivity index (χ2v) is 5.36. The minimum atomic E-state index is -0.888. The maximum atomic E-state index is 10.1. The van der Waals surface area contributed by atoms with Crippen LogP contribution in [0.5, 0.6) is 0 Å². The molecule has 0 bridgehead atoms. The van der Waals surface area contributed by atoms with Gasteiger partial charge in [0, 0.05) is 12.5 Å². The van der Waals surface area contributed by atoms with Crippen LogP contribution in [0.25, 0.3) is 0 Å². The Balaban J connectivity index is 3.04. The van der Waals surface area contributed by atoms with Crippen molar-refractivity contribution in [1.29, 1.82) is 0 Å². The van der Waals surface area contributed by atoms with Crippen LogP contribution in [0.2, 0.25) is 0 Å². The first-order valence-electron chi connectivity index (χ1n) is 6.04. The molecule has 0 saturated heterocycles. The molecule has 5 N–H and O–H groups in total. The first kappa shape index (κ1) is 14.7. The number of nitrogens with one attached hydrogen (secondary N) is 2. The van der Waals surface area contributed by atoms with Crippen molar-refractivity contribution >= 4 is 11.6 Å². The van der Waals surface area contributed by atoms with Gasteiger partial charge < -0.3 is 15.8 Å². The Labute approximate surface area is 108 Å². The van der Waals surface area contributed by atoms with Crippen LogP contribution in [0.15, 0.2) is 6.07 Å². The van der Waals surface area contributed by atoms with Gasteiger partial charge in [-0.2, -0.15) is 0 Å². The molecule has 1 rings (SSSR count). The van der Waals surface area contributed by atoms with Crippen molar-refractivity contribution in [3.05, 3.63) is 11.9 Å². The number of hydrazine groups is 1. The Morgan fingerprint density at radius 1 is 1.22 bits per heavy atom. The van der Waals surface area contributed by atoms with E-state index in [0.29, 0.717) is 23.9 Å². The zero-order valence-corrected chi connectivity index (χ0v) is 11.7. The van der Waals surface area contributed by atoms with Crippen molar-refractivity contribution in [2.45, 2.75) is 52.2 Å². The van der Waals surface area contributed by atoms with E-state index in [2.05, 4.69) is 20.7 Å². The smallest absolute Gasteiger partial charge is 0.145 e. The third-order valence-electron chi connectivity index (χ3n) is 3.21. The van der Waals surface area contributed by atoms with Crippen LogP contribution in [0.1, 0.15) is 40.4 Å². The molecule has 102 valence electrons. The summed E-state index contributed by atoms with van der Waals surface area (Å²) in [5.41, 5.74) is 1.10. The van der Waals surface area contributed by atoms with Gasteiger partial charge in [0.05, 0.1) is 11.1 Å². The van der Waals surface area contributed by atoms with Crippen molar-refractivity contribution in [1.82, 2.24) is 9.97 Å². The number of aromatic nitrogens is 2. The maximum absolute atomic E-state index is 10.1. The molecule has 0 fully saturated rings. The highest BCUT2D eigenvalue weighted by Crippen LogP contribution is 2.25. The fourth-order valence-electron chi connectivity index (χ4n) is 1.27. The average Bonchev–Trinajstić information content (AvgIpc) is 2.26. The fraction of sp³-hybridized carbons (Fsp3) is 0.667. The van der Waals surface area contributed by atoms with Gasteiger partial charge in [-0.1, -0.05) is 6.92 Å². The lowest BCUT2D eigenvalue weighted by Crippen LogP contribution is -2.51. The predicted octanol–water partition coefficient (Wildman–Crippen LogP) is 1.29. The topological polar surface area (TPSA) is 96.1 Å². The lowest BCUT2D eigenvalue weighted by Gasteiger charge is -2.38. The number of hydrogen-bond acceptors (Lipinski definition) is 6. The van der Waals surface area contributed by atoms with Crippen LogP contribution < -0.4 is 16.6 Å². The van der Waals surface area contributed by atoms with Crippen molar-refractivity contribution in [2.75, 3.05) is 10.7 Å². The number of nitrogen functional groups attached to an aromatic ring is 1. The number of nitrogens with zero attached hydrogens (tertiary/aromatic N) is 2. The lowest BCUT2D eigenvalue weighted by molar-refractivity contribution is 0.0238. The molecule has 0 spiro atoms. The first-order chi connectivity index (χ1) is 8.19. The lowest BCUT2D eigenvalue weighted by atomic mass is 9.86. The van der Waals surface area contributed by atoms with Gasteiger partial charge in [0.1, 0.15) is 17.5 Å². The summed E-state index contributed by atoms with van der Waals surface area (Å²) in [5.74, 6) is 7.26. The second kappa shape index (κ2) is 5.07.